The van der Waals surface area contributed by atoms with Gasteiger partial charge in [0, 0.05) is 17.9 Å². The zero-order valence-electron chi connectivity index (χ0n) is 11.1. The highest BCUT2D eigenvalue weighted by Crippen LogP contribution is 2.39. The second kappa shape index (κ2) is 4.54. The number of hydrogen-bond donors (Lipinski definition) is 0. The molecule has 2 heteroatoms. The Morgan fingerprint density at radius 1 is 1.11 bits per heavy atom. The summed E-state index contributed by atoms with van der Waals surface area (Å²) in [7, 11) is 1.65. The van der Waals surface area contributed by atoms with Crippen LogP contribution >= 0.6 is 0 Å². The van der Waals surface area contributed by atoms with Gasteiger partial charge < -0.3 is 4.74 Å². The zero-order chi connectivity index (χ0) is 13.4. The summed E-state index contributed by atoms with van der Waals surface area (Å²) in [6.07, 6.45) is 0.561. The third-order valence-corrected chi connectivity index (χ3v) is 3.80. The number of fused-ring (bicyclic) bond motifs is 1. The summed E-state index contributed by atoms with van der Waals surface area (Å²) in [5, 5.41) is 0. The van der Waals surface area contributed by atoms with Crippen LogP contribution in [0.4, 0.5) is 0 Å². The quantitative estimate of drug-likeness (QED) is 0.814. The van der Waals surface area contributed by atoms with Crippen molar-refractivity contribution in [3.63, 3.8) is 0 Å². The lowest BCUT2D eigenvalue weighted by Crippen LogP contribution is -1.97. The first-order valence-electron chi connectivity index (χ1n) is 6.47. The fourth-order valence-corrected chi connectivity index (χ4v) is 2.71. The van der Waals surface area contributed by atoms with E-state index in [0.717, 1.165) is 16.9 Å². The van der Waals surface area contributed by atoms with Crippen molar-refractivity contribution < 1.29 is 9.53 Å². The van der Waals surface area contributed by atoms with E-state index in [1.165, 1.54) is 11.1 Å². The van der Waals surface area contributed by atoms with Crippen LogP contribution in [-0.2, 0) is 0 Å². The summed E-state index contributed by atoms with van der Waals surface area (Å²) in [5.74, 6) is 1.20. The Kier molecular flexibility index (Phi) is 2.86. The van der Waals surface area contributed by atoms with E-state index in [2.05, 4.69) is 31.2 Å². The molecule has 96 valence electrons. The second-order valence-electron chi connectivity index (χ2n) is 5.04. The summed E-state index contributed by atoms with van der Waals surface area (Å²) < 4.78 is 5.27. The fraction of sp³-hybridized carbons (Fsp3) is 0.235. The van der Waals surface area contributed by atoms with Crippen LogP contribution in [0.5, 0.6) is 5.75 Å². The predicted octanol–water partition coefficient (Wildman–Crippen LogP) is 3.72. The standard InChI is InChI=1S/C17H16O2/c1-11-3-5-12(6-4-11)15-10-17(18)14-8-7-13(19-2)9-16(14)15/h3-9,15H,10H2,1-2H3. The molecular weight excluding hydrogens is 236 g/mol. The van der Waals surface area contributed by atoms with Gasteiger partial charge in [0.25, 0.3) is 0 Å². The van der Waals surface area contributed by atoms with E-state index in [0.29, 0.717) is 6.42 Å². The molecule has 0 amide bonds. The molecule has 2 aromatic rings. The van der Waals surface area contributed by atoms with E-state index in [9.17, 15) is 4.79 Å². The number of benzene rings is 2. The lowest BCUT2D eigenvalue weighted by atomic mass is 9.92. The van der Waals surface area contributed by atoms with Gasteiger partial charge in [0.1, 0.15) is 5.75 Å². The molecule has 0 saturated carbocycles. The maximum absolute atomic E-state index is 12.1. The molecule has 1 aliphatic carbocycles. The number of hydrogen-bond acceptors (Lipinski definition) is 2. The molecular formula is C17H16O2. The van der Waals surface area contributed by atoms with Gasteiger partial charge in [-0.1, -0.05) is 29.8 Å². The van der Waals surface area contributed by atoms with Crippen LogP contribution in [0.3, 0.4) is 0 Å². The summed E-state index contributed by atoms with van der Waals surface area (Å²) in [5.41, 5.74) is 4.37. The van der Waals surface area contributed by atoms with Crippen molar-refractivity contribution in [1.29, 1.82) is 0 Å². The average molecular weight is 252 g/mol. The van der Waals surface area contributed by atoms with E-state index in [1.54, 1.807) is 7.11 Å². The van der Waals surface area contributed by atoms with Gasteiger partial charge in [-0.25, -0.2) is 0 Å². The molecule has 0 N–H and O–H groups in total. The molecule has 2 nitrogen and oxygen atoms in total. The zero-order valence-corrected chi connectivity index (χ0v) is 11.1. The van der Waals surface area contributed by atoms with E-state index in [4.69, 9.17) is 4.74 Å². The minimum absolute atomic E-state index is 0.165. The van der Waals surface area contributed by atoms with Crippen molar-refractivity contribution >= 4 is 5.78 Å². The summed E-state index contributed by atoms with van der Waals surface area (Å²) in [4.78, 5) is 12.1. The van der Waals surface area contributed by atoms with Crippen LogP contribution in [0.15, 0.2) is 42.5 Å². The first kappa shape index (κ1) is 12.0. The molecule has 0 radical (unpaired) electrons. The number of ether oxygens (including phenoxy) is 1. The molecule has 0 aliphatic heterocycles. The van der Waals surface area contributed by atoms with Crippen LogP contribution < -0.4 is 4.74 Å². The molecule has 0 bridgehead atoms. The van der Waals surface area contributed by atoms with Crippen molar-refractivity contribution in [2.75, 3.05) is 7.11 Å². The highest BCUT2D eigenvalue weighted by atomic mass is 16.5. The van der Waals surface area contributed by atoms with Crippen molar-refractivity contribution in [2.24, 2.45) is 0 Å². The Balaban J connectivity index is 2.07. The van der Waals surface area contributed by atoms with E-state index >= 15 is 0 Å². The number of carbonyl (C=O) groups is 1. The maximum atomic E-state index is 12.1. The van der Waals surface area contributed by atoms with Crippen LogP contribution in [0.2, 0.25) is 0 Å². The number of methoxy groups -OCH3 is 1. The van der Waals surface area contributed by atoms with Gasteiger partial charge in [-0.3, -0.25) is 4.79 Å². The molecule has 1 aliphatic rings. The van der Waals surface area contributed by atoms with Gasteiger partial charge >= 0.3 is 0 Å². The van der Waals surface area contributed by atoms with Crippen molar-refractivity contribution in [1.82, 2.24) is 0 Å². The van der Waals surface area contributed by atoms with Gasteiger partial charge in [0.15, 0.2) is 5.78 Å². The third-order valence-electron chi connectivity index (χ3n) is 3.80. The smallest absolute Gasteiger partial charge is 0.164 e. The number of Topliss-reactive ketones (excluding diaryl/α,β-unsaturated/α-hetero) is 1. The van der Waals surface area contributed by atoms with E-state index in [-0.39, 0.29) is 11.7 Å². The largest absolute Gasteiger partial charge is 0.497 e. The number of aryl methyl sites for hydroxylation is 1. The predicted molar refractivity (Wildman–Crippen MR) is 75.0 cm³/mol. The fourth-order valence-electron chi connectivity index (χ4n) is 2.71. The molecule has 19 heavy (non-hydrogen) atoms. The molecule has 1 atom stereocenters. The second-order valence-corrected chi connectivity index (χ2v) is 5.04. The molecule has 0 heterocycles. The summed E-state index contributed by atoms with van der Waals surface area (Å²) in [6, 6.07) is 14.1. The van der Waals surface area contributed by atoms with E-state index < -0.39 is 0 Å². The van der Waals surface area contributed by atoms with Crippen LogP contribution in [-0.4, -0.2) is 12.9 Å². The Hall–Kier alpha value is -2.09. The van der Waals surface area contributed by atoms with Gasteiger partial charge in [-0.2, -0.15) is 0 Å². The topological polar surface area (TPSA) is 26.3 Å². The number of rotatable bonds is 2. The van der Waals surface area contributed by atoms with Crippen molar-refractivity contribution in [3.05, 3.63) is 64.7 Å². The first-order valence-corrected chi connectivity index (χ1v) is 6.47. The number of ketones is 1. The molecule has 0 spiro atoms. The highest BCUT2D eigenvalue weighted by Gasteiger charge is 2.30. The van der Waals surface area contributed by atoms with Crippen LogP contribution in [0.1, 0.15) is 39.4 Å². The lowest BCUT2D eigenvalue weighted by Gasteiger charge is -2.12. The third kappa shape index (κ3) is 2.03. The van der Waals surface area contributed by atoms with Crippen molar-refractivity contribution in [3.8, 4) is 5.75 Å². The monoisotopic (exact) mass is 252 g/mol. The average Bonchev–Trinajstić information content (AvgIpc) is 2.76. The minimum Gasteiger partial charge on any atom is -0.497 e. The van der Waals surface area contributed by atoms with Gasteiger partial charge in [0.2, 0.25) is 0 Å². The van der Waals surface area contributed by atoms with Gasteiger partial charge in [0.05, 0.1) is 7.11 Å². The molecule has 3 rings (SSSR count). The summed E-state index contributed by atoms with van der Waals surface area (Å²) in [6.45, 7) is 2.07. The highest BCUT2D eigenvalue weighted by molar-refractivity contribution is 6.02. The van der Waals surface area contributed by atoms with E-state index in [1.807, 2.05) is 18.2 Å². The van der Waals surface area contributed by atoms with Crippen molar-refractivity contribution in [2.45, 2.75) is 19.3 Å². The molecule has 2 aromatic carbocycles. The Bertz CT molecular complexity index is 626. The first-order chi connectivity index (χ1) is 9.19. The summed E-state index contributed by atoms with van der Waals surface area (Å²) >= 11 is 0. The van der Waals surface area contributed by atoms with Gasteiger partial charge in [-0.05, 0) is 36.2 Å². The van der Waals surface area contributed by atoms with Gasteiger partial charge in [-0.15, -0.1) is 0 Å². The van der Waals surface area contributed by atoms with Crippen LogP contribution in [0, 0.1) is 6.92 Å². The molecule has 1 unspecified atom stereocenters. The Morgan fingerprint density at radius 3 is 2.53 bits per heavy atom. The molecule has 0 saturated heterocycles. The Morgan fingerprint density at radius 2 is 1.84 bits per heavy atom. The SMILES string of the molecule is COc1ccc2c(c1)C(c1ccc(C)cc1)CC2=O. The normalized spacial score (nSPS) is 17.4. The number of carbonyl (C=O) groups excluding carboxylic acids is 1. The Labute approximate surface area is 113 Å². The molecule has 0 fully saturated rings. The maximum Gasteiger partial charge on any atom is 0.164 e. The minimum atomic E-state index is 0.165. The lowest BCUT2D eigenvalue weighted by molar-refractivity contribution is 0.0991. The van der Waals surface area contributed by atoms with Crippen LogP contribution in [0.25, 0.3) is 0 Å². The molecule has 0 aromatic heterocycles.